The minimum atomic E-state index is -0.573. The number of H-pyrrole nitrogens is 2. The third kappa shape index (κ3) is 4.67. The molecule has 0 radical (unpaired) electrons. The topological polar surface area (TPSA) is 127 Å². The van der Waals surface area contributed by atoms with Gasteiger partial charge >= 0.3 is 5.69 Å². The summed E-state index contributed by atoms with van der Waals surface area (Å²) in [7, 11) is 0. The third-order valence-electron chi connectivity index (χ3n) is 3.13. The number of hydrogen-bond acceptors (Lipinski definition) is 5. The van der Waals surface area contributed by atoms with Gasteiger partial charge in [0, 0.05) is 17.7 Å². The molecule has 1 amide bonds. The van der Waals surface area contributed by atoms with E-state index in [0.717, 1.165) is 0 Å². The molecule has 8 heteroatoms. The van der Waals surface area contributed by atoms with Crippen molar-refractivity contribution < 1.29 is 9.90 Å². The van der Waals surface area contributed by atoms with E-state index in [1.54, 1.807) is 19.1 Å². The molecule has 23 heavy (non-hydrogen) atoms. The molecular weight excluding hydrogens is 300 g/mol. The van der Waals surface area contributed by atoms with Gasteiger partial charge in [-0.15, -0.1) is 0 Å². The molecule has 0 spiro atoms. The molecule has 0 aliphatic carbocycles. The average Bonchev–Trinajstić information content (AvgIpc) is 2.46. The van der Waals surface area contributed by atoms with E-state index in [-0.39, 0.29) is 24.5 Å². The second-order valence-electron chi connectivity index (χ2n) is 4.90. The third-order valence-corrected chi connectivity index (χ3v) is 3.13. The molecular formula is C15H16N4O4. The molecule has 1 aromatic heterocycles. The molecule has 1 aromatic carbocycles. The largest absolute Gasteiger partial charge is 0.508 e. The Morgan fingerprint density at radius 1 is 1.35 bits per heavy atom. The van der Waals surface area contributed by atoms with E-state index in [9.17, 15) is 19.5 Å². The van der Waals surface area contributed by atoms with Crippen LogP contribution in [0.5, 0.6) is 5.75 Å². The Bertz CT molecular complexity index is 851. The number of carbonyl (C=O) groups excluding carboxylic acids is 1. The van der Waals surface area contributed by atoms with Gasteiger partial charge in [0.2, 0.25) is 5.91 Å². The van der Waals surface area contributed by atoms with Crippen LogP contribution in [0.4, 0.5) is 0 Å². The summed E-state index contributed by atoms with van der Waals surface area (Å²) in [6, 6.07) is 6.40. The van der Waals surface area contributed by atoms with Gasteiger partial charge < -0.3 is 10.1 Å². The molecule has 0 aliphatic rings. The van der Waals surface area contributed by atoms with E-state index < -0.39 is 11.2 Å². The highest BCUT2D eigenvalue weighted by Crippen LogP contribution is 2.08. The molecule has 0 fully saturated rings. The quantitative estimate of drug-likeness (QED) is 0.463. The van der Waals surface area contributed by atoms with Gasteiger partial charge in [-0.25, -0.2) is 10.2 Å². The number of aromatic amines is 2. The van der Waals surface area contributed by atoms with Crippen molar-refractivity contribution in [1.29, 1.82) is 0 Å². The van der Waals surface area contributed by atoms with Gasteiger partial charge in [0.15, 0.2) is 0 Å². The normalized spacial score (nSPS) is 10.8. The molecule has 0 atom stereocenters. The summed E-state index contributed by atoms with van der Waals surface area (Å²) in [4.78, 5) is 39.0. The number of aryl methyl sites for hydroxylation is 1. The van der Waals surface area contributed by atoms with Gasteiger partial charge in [-0.1, -0.05) is 12.1 Å². The van der Waals surface area contributed by atoms with Gasteiger partial charge in [-0.05, 0) is 31.0 Å². The van der Waals surface area contributed by atoms with Crippen LogP contribution in [0, 0.1) is 6.92 Å². The lowest BCUT2D eigenvalue weighted by Gasteiger charge is -2.03. The number of nitrogens with zero attached hydrogens (tertiary/aromatic N) is 1. The molecule has 0 aliphatic heterocycles. The Morgan fingerprint density at radius 3 is 2.83 bits per heavy atom. The maximum absolute atomic E-state index is 11.7. The first-order valence-electron chi connectivity index (χ1n) is 6.88. The number of benzene rings is 1. The summed E-state index contributed by atoms with van der Waals surface area (Å²) in [5, 5.41) is 13.1. The lowest BCUT2D eigenvalue weighted by atomic mass is 10.1. The molecule has 8 nitrogen and oxygen atoms in total. The Balaban J connectivity index is 1.91. The number of aromatic hydroxyl groups is 1. The van der Waals surface area contributed by atoms with Crippen molar-refractivity contribution in [2.45, 2.75) is 19.8 Å². The molecule has 0 saturated heterocycles. The van der Waals surface area contributed by atoms with Gasteiger partial charge in [-0.3, -0.25) is 14.6 Å². The van der Waals surface area contributed by atoms with Crippen molar-refractivity contribution in [3.63, 3.8) is 0 Å². The first-order valence-corrected chi connectivity index (χ1v) is 6.88. The summed E-state index contributed by atoms with van der Waals surface area (Å²) in [5.74, 6) is -0.264. The summed E-state index contributed by atoms with van der Waals surface area (Å²) in [6.07, 6.45) is 1.63. The molecule has 2 aromatic rings. The molecule has 0 bridgehead atoms. The van der Waals surface area contributed by atoms with Gasteiger partial charge in [0.1, 0.15) is 5.75 Å². The van der Waals surface area contributed by atoms with E-state index in [1.165, 1.54) is 18.3 Å². The standard InChI is InChI=1S/C15H16N4O4/c1-9-12(14(22)18-15(23)17-9)5-6-13(21)19-16-8-10-3-2-4-11(20)7-10/h2-4,7-8,20H,5-6H2,1H3,(H,19,21)(H2,17,18,22,23)/b16-8+. The van der Waals surface area contributed by atoms with Crippen molar-refractivity contribution in [1.82, 2.24) is 15.4 Å². The number of amides is 1. The van der Waals surface area contributed by atoms with Crippen LogP contribution >= 0.6 is 0 Å². The van der Waals surface area contributed by atoms with Gasteiger partial charge in [-0.2, -0.15) is 5.10 Å². The fourth-order valence-electron chi connectivity index (χ4n) is 2.01. The van der Waals surface area contributed by atoms with Crippen molar-refractivity contribution in [2.24, 2.45) is 5.10 Å². The molecule has 2 rings (SSSR count). The Hall–Kier alpha value is -3.16. The Labute approximate surface area is 130 Å². The predicted molar refractivity (Wildman–Crippen MR) is 84.6 cm³/mol. The van der Waals surface area contributed by atoms with Crippen LogP contribution in [-0.2, 0) is 11.2 Å². The number of aromatic nitrogens is 2. The van der Waals surface area contributed by atoms with Crippen LogP contribution in [0.2, 0.25) is 0 Å². The zero-order chi connectivity index (χ0) is 16.8. The first kappa shape index (κ1) is 16.2. The van der Waals surface area contributed by atoms with Crippen molar-refractivity contribution in [3.05, 3.63) is 61.9 Å². The number of carbonyl (C=O) groups is 1. The highest BCUT2D eigenvalue weighted by molar-refractivity contribution is 5.82. The fourth-order valence-corrected chi connectivity index (χ4v) is 2.01. The minimum Gasteiger partial charge on any atom is -0.508 e. The van der Waals surface area contributed by atoms with Crippen molar-refractivity contribution >= 4 is 12.1 Å². The molecule has 120 valence electrons. The van der Waals surface area contributed by atoms with E-state index in [2.05, 4.69) is 20.5 Å². The number of phenolic OH excluding ortho intramolecular Hbond substituents is 1. The molecule has 0 unspecified atom stereocenters. The lowest BCUT2D eigenvalue weighted by Crippen LogP contribution is -2.28. The average molecular weight is 316 g/mol. The van der Waals surface area contributed by atoms with E-state index in [0.29, 0.717) is 16.8 Å². The smallest absolute Gasteiger partial charge is 0.325 e. The zero-order valence-electron chi connectivity index (χ0n) is 12.4. The van der Waals surface area contributed by atoms with Crippen LogP contribution in [0.25, 0.3) is 0 Å². The number of rotatable bonds is 5. The maximum Gasteiger partial charge on any atom is 0.325 e. The Kier molecular flexibility index (Phi) is 5.08. The molecule has 1 heterocycles. The molecule has 0 saturated carbocycles. The molecule has 4 N–H and O–H groups in total. The summed E-state index contributed by atoms with van der Waals surface area (Å²) < 4.78 is 0. The van der Waals surface area contributed by atoms with E-state index >= 15 is 0 Å². The first-order chi connectivity index (χ1) is 11.0. The van der Waals surface area contributed by atoms with Crippen LogP contribution in [0.3, 0.4) is 0 Å². The number of phenols is 1. The minimum absolute atomic E-state index is 0.0490. The van der Waals surface area contributed by atoms with Crippen LogP contribution < -0.4 is 16.7 Å². The highest BCUT2D eigenvalue weighted by Gasteiger charge is 2.08. The second-order valence-corrected chi connectivity index (χ2v) is 4.90. The second kappa shape index (κ2) is 7.21. The fraction of sp³-hybridized carbons (Fsp3) is 0.200. The van der Waals surface area contributed by atoms with Crippen LogP contribution in [-0.4, -0.2) is 27.2 Å². The maximum atomic E-state index is 11.7. The number of nitrogens with one attached hydrogen (secondary N) is 3. The summed E-state index contributed by atoms with van der Waals surface area (Å²) >= 11 is 0. The summed E-state index contributed by atoms with van der Waals surface area (Å²) in [6.45, 7) is 1.60. The van der Waals surface area contributed by atoms with E-state index in [1.807, 2.05) is 0 Å². The monoisotopic (exact) mass is 316 g/mol. The van der Waals surface area contributed by atoms with Gasteiger partial charge in [0.05, 0.1) is 6.21 Å². The predicted octanol–water partition coefficient (Wildman–Crippen LogP) is 0.160. The van der Waals surface area contributed by atoms with Crippen molar-refractivity contribution in [2.75, 3.05) is 0 Å². The Morgan fingerprint density at radius 2 is 2.13 bits per heavy atom. The van der Waals surface area contributed by atoms with Gasteiger partial charge in [0.25, 0.3) is 5.56 Å². The SMILES string of the molecule is Cc1[nH]c(=O)[nH]c(=O)c1CCC(=O)N/N=C/c1cccc(O)c1. The lowest BCUT2D eigenvalue weighted by molar-refractivity contribution is -0.121. The van der Waals surface area contributed by atoms with Crippen molar-refractivity contribution in [3.8, 4) is 5.75 Å². The van der Waals surface area contributed by atoms with Crippen LogP contribution in [0.15, 0.2) is 39.0 Å². The number of hydrogen-bond donors (Lipinski definition) is 4. The van der Waals surface area contributed by atoms with E-state index in [4.69, 9.17) is 0 Å². The zero-order valence-corrected chi connectivity index (χ0v) is 12.4. The number of hydrazone groups is 1. The summed E-state index contributed by atoms with van der Waals surface area (Å²) in [5.41, 5.74) is 2.70. The van der Waals surface area contributed by atoms with Crippen LogP contribution in [0.1, 0.15) is 23.2 Å². The highest BCUT2D eigenvalue weighted by atomic mass is 16.3.